The van der Waals surface area contributed by atoms with Gasteiger partial charge >= 0.3 is 24.2 Å². The van der Waals surface area contributed by atoms with Gasteiger partial charge in [0.15, 0.2) is 0 Å². The number of carbonyl (C=O) groups excluding carboxylic acids is 4. The lowest BCUT2D eigenvalue weighted by Gasteiger charge is -2.28. The van der Waals surface area contributed by atoms with Gasteiger partial charge in [-0.1, -0.05) is 0 Å². The number of hydrogen-bond acceptors (Lipinski definition) is 10. The Bertz CT molecular complexity index is 2260. The van der Waals surface area contributed by atoms with E-state index < -0.39 is 24.2 Å². The molecule has 0 aliphatic rings. The summed E-state index contributed by atoms with van der Waals surface area (Å²) in [4.78, 5) is 50.2. The third-order valence-electron chi connectivity index (χ3n) is 11.7. The second-order valence-electron chi connectivity index (χ2n) is 15.1. The molecule has 0 spiro atoms. The molecule has 0 saturated heterocycles. The van der Waals surface area contributed by atoms with E-state index in [0.29, 0.717) is 22.6 Å². The highest BCUT2D eigenvalue weighted by Crippen LogP contribution is 2.47. The van der Waals surface area contributed by atoms with E-state index >= 15 is 0 Å². The molecule has 0 aliphatic carbocycles. The van der Waals surface area contributed by atoms with Crippen molar-refractivity contribution in [3.63, 3.8) is 0 Å². The van der Waals surface area contributed by atoms with Crippen LogP contribution in [0, 0.1) is 83.1 Å². The van der Waals surface area contributed by atoms with Crippen LogP contribution in [-0.4, -0.2) is 37.5 Å². The number of esters is 2. The Morgan fingerprint density at radius 1 is 0.350 bits per heavy atom. The lowest BCUT2D eigenvalue weighted by molar-refractivity contribution is 0.0722. The number of hydrogen-bond donors (Lipinski definition) is 0. The summed E-state index contributed by atoms with van der Waals surface area (Å²) >= 11 is 0. The largest absolute Gasteiger partial charge is 0.513 e. The van der Waals surface area contributed by atoms with Crippen molar-refractivity contribution in [1.29, 1.82) is 0 Å². The summed E-state index contributed by atoms with van der Waals surface area (Å²) in [5.41, 5.74) is 17.3. The van der Waals surface area contributed by atoms with Gasteiger partial charge in [0, 0.05) is 0 Å². The standard InChI is InChI=1S/C50H54O10/c1-15-55-49(53)57-39-21-17-37(18-22-39)47(51)59-45-33(11)29(7)43(30(8)34(45)12)41-25(3)27(5)42(28(6)26(41)4)44-31(9)35(13)46(36(14)32(44)10)60-48(52)38-19-23-40(24-20-38)58-50(54)56-16-2/h17-24H,15-16H2,1-14H3. The first-order valence-corrected chi connectivity index (χ1v) is 20.0. The highest BCUT2D eigenvalue weighted by atomic mass is 16.7. The molecule has 0 fully saturated rings. The fourth-order valence-electron chi connectivity index (χ4n) is 7.78. The van der Waals surface area contributed by atoms with Crippen molar-refractivity contribution in [2.75, 3.05) is 13.2 Å². The molecule has 314 valence electrons. The molecule has 0 saturated carbocycles. The maximum absolute atomic E-state index is 13.4. The molecule has 60 heavy (non-hydrogen) atoms. The average molecular weight is 815 g/mol. The summed E-state index contributed by atoms with van der Waals surface area (Å²) in [6, 6.07) is 12.3. The van der Waals surface area contributed by atoms with Crippen LogP contribution in [0.2, 0.25) is 0 Å². The lowest BCUT2D eigenvalue weighted by atomic mass is 9.77. The Labute approximate surface area is 352 Å². The number of rotatable bonds is 10. The minimum atomic E-state index is -0.813. The molecule has 10 nitrogen and oxygen atoms in total. The molecule has 0 radical (unpaired) electrons. The summed E-state index contributed by atoms with van der Waals surface area (Å²) in [7, 11) is 0. The van der Waals surface area contributed by atoms with E-state index in [1.54, 1.807) is 38.1 Å². The topological polar surface area (TPSA) is 124 Å². The minimum absolute atomic E-state index is 0.192. The van der Waals surface area contributed by atoms with E-state index in [0.717, 1.165) is 89.0 Å². The van der Waals surface area contributed by atoms with E-state index in [2.05, 4.69) is 55.4 Å². The van der Waals surface area contributed by atoms with Crippen molar-refractivity contribution >= 4 is 24.2 Å². The lowest BCUT2D eigenvalue weighted by Crippen LogP contribution is -2.13. The van der Waals surface area contributed by atoms with Gasteiger partial charge < -0.3 is 28.4 Å². The smallest absolute Gasteiger partial charge is 0.434 e. The molecule has 0 atom stereocenters. The summed E-state index contributed by atoms with van der Waals surface area (Å²) in [5.74, 6) is 0.511. The van der Waals surface area contributed by atoms with Crippen LogP contribution < -0.4 is 18.9 Å². The molecule has 0 amide bonds. The maximum Gasteiger partial charge on any atom is 0.513 e. The van der Waals surface area contributed by atoms with E-state index in [9.17, 15) is 19.2 Å². The second kappa shape index (κ2) is 18.2. The van der Waals surface area contributed by atoms with E-state index in [1.165, 1.54) is 24.3 Å². The predicted molar refractivity (Wildman–Crippen MR) is 232 cm³/mol. The van der Waals surface area contributed by atoms with Crippen LogP contribution in [-0.2, 0) is 9.47 Å². The van der Waals surface area contributed by atoms with Gasteiger partial charge in [-0.2, -0.15) is 0 Å². The molecular weight excluding hydrogens is 761 g/mol. The molecule has 0 aromatic heterocycles. The average Bonchev–Trinajstić information content (AvgIpc) is 3.21. The Kier molecular flexibility index (Phi) is 13.6. The first-order valence-electron chi connectivity index (χ1n) is 20.0. The second-order valence-corrected chi connectivity index (χ2v) is 15.1. The maximum atomic E-state index is 13.4. The Hall–Kier alpha value is -6.42. The first kappa shape index (κ1) is 44.7. The molecule has 0 heterocycles. The third-order valence-corrected chi connectivity index (χ3v) is 11.7. The van der Waals surface area contributed by atoms with E-state index in [-0.39, 0.29) is 24.7 Å². The predicted octanol–water partition coefficient (Wildman–Crippen LogP) is 12.2. The molecule has 10 heteroatoms. The van der Waals surface area contributed by atoms with Gasteiger partial charge in [0.1, 0.15) is 23.0 Å². The molecule has 0 aliphatic heterocycles. The Morgan fingerprint density at radius 2 is 0.583 bits per heavy atom. The van der Waals surface area contributed by atoms with Crippen molar-refractivity contribution in [2.45, 2.75) is 96.9 Å². The fraction of sp³-hybridized carbons (Fsp3) is 0.320. The summed E-state index contributed by atoms with van der Waals surface area (Å²) in [6.07, 6.45) is -1.63. The minimum Gasteiger partial charge on any atom is -0.434 e. The molecule has 5 rings (SSSR count). The van der Waals surface area contributed by atoms with Gasteiger partial charge in [-0.15, -0.1) is 0 Å². The quantitative estimate of drug-likeness (QED) is 0.0764. The van der Waals surface area contributed by atoms with Crippen LogP contribution in [0.15, 0.2) is 48.5 Å². The monoisotopic (exact) mass is 814 g/mol. The van der Waals surface area contributed by atoms with Crippen LogP contribution in [0.3, 0.4) is 0 Å². The zero-order chi connectivity index (χ0) is 44.3. The van der Waals surface area contributed by atoms with Gasteiger partial charge in [-0.3, -0.25) is 0 Å². The molecule has 0 N–H and O–H groups in total. The molecular formula is C50H54O10. The molecule has 0 bridgehead atoms. The van der Waals surface area contributed by atoms with Crippen LogP contribution in [0.5, 0.6) is 23.0 Å². The number of benzene rings is 5. The van der Waals surface area contributed by atoms with Gasteiger partial charge in [0.2, 0.25) is 0 Å². The summed E-state index contributed by atoms with van der Waals surface area (Å²) in [5, 5.41) is 0. The zero-order valence-corrected chi connectivity index (χ0v) is 37.1. The highest BCUT2D eigenvalue weighted by molar-refractivity contribution is 5.94. The molecule has 0 unspecified atom stereocenters. The van der Waals surface area contributed by atoms with Crippen molar-refractivity contribution in [1.82, 2.24) is 0 Å². The summed E-state index contributed by atoms with van der Waals surface area (Å²) in [6.45, 7) is 28.6. The fourth-order valence-corrected chi connectivity index (χ4v) is 7.78. The SMILES string of the molecule is CCOC(=O)Oc1ccc(C(=O)Oc2c(C)c(C)c(-c3c(C)c(C)c(-c4c(C)c(C)c(OC(=O)c5ccc(OC(=O)OCC)cc5)c(C)c4C)c(C)c3C)c(C)c2C)cc1. The first-order chi connectivity index (χ1) is 28.3. The normalized spacial score (nSPS) is 10.9. The number of carbonyl (C=O) groups is 4. The number of ether oxygens (including phenoxy) is 6. The van der Waals surface area contributed by atoms with Gasteiger partial charge in [0.05, 0.1) is 24.3 Å². The summed E-state index contributed by atoms with van der Waals surface area (Å²) < 4.78 is 32.0. The molecule has 5 aromatic carbocycles. The Morgan fingerprint density at radius 3 is 0.817 bits per heavy atom. The van der Waals surface area contributed by atoms with Gasteiger partial charge in [0.25, 0.3) is 0 Å². The van der Waals surface area contributed by atoms with Gasteiger partial charge in [-0.25, -0.2) is 19.2 Å². The van der Waals surface area contributed by atoms with E-state index in [4.69, 9.17) is 28.4 Å². The Balaban J connectivity index is 1.49. The van der Waals surface area contributed by atoms with Crippen LogP contribution in [0.1, 0.15) is 101 Å². The zero-order valence-electron chi connectivity index (χ0n) is 37.1. The van der Waals surface area contributed by atoms with Crippen molar-refractivity contribution < 1.29 is 47.6 Å². The van der Waals surface area contributed by atoms with E-state index in [1.807, 2.05) is 27.7 Å². The van der Waals surface area contributed by atoms with Gasteiger partial charge in [-0.05, 0) is 234 Å². The highest BCUT2D eigenvalue weighted by Gasteiger charge is 2.27. The van der Waals surface area contributed by atoms with Crippen molar-refractivity contribution in [3.05, 3.63) is 126 Å². The third kappa shape index (κ3) is 8.64. The molecule has 5 aromatic rings. The van der Waals surface area contributed by atoms with Crippen molar-refractivity contribution in [2.24, 2.45) is 0 Å². The van der Waals surface area contributed by atoms with Crippen LogP contribution >= 0.6 is 0 Å². The van der Waals surface area contributed by atoms with Crippen LogP contribution in [0.4, 0.5) is 9.59 Å². The van der Waals surface area contributed by atoms with Crippen molar-refractivity contribution in [3.8, 4) is 45.3 Å². The van der Waals surface area contributed by atoms with Crippen LogP contribution in [0.25, 0.3) is 22.3 Å².